The van der Waals surface area contributed by atoms with Gasteiger partial charge in [0.25, 0.3) is 5.56 Å². The molecule has 0 aliphatic heterocycles. The zero-order valence-corrected chi connectivity index (χ0v) is 15.1. The predicted octanol–water partition coefficient (Wildman–Crippen LogP) is 2.93. The molecule has 2 aromatic carbocycles. The van der Waals surface area contributed by atoms with Gasteiger partial charge in [-0.15, -0.1) is 0 Å². The summed E-state index contributed by atoms with van der Waals surface area (Å²) >= 11 is 1.01. The molecule has 1 atom stereocenters. The summed E-state index contributed by atoms with van der Waals surface area (Å²) in [5.74, 6) is -1.26. The summed E-state index contributed by atoms with van der Waals surface area (Å²) in [7, 11) is 1.29. The molecular weight excluding hydrogens is 366 g/mol. The molecule has 0 saturated heterocycles. The monoisotopic (exact) mass is 381 g/mol. The molecule has 4 rings (SSSR count). The maximum Gasteiger partial charge on any atom is 0.306 e. The lowest BCUT2D eigenvalue weighted by Crippen LogP contribution is -2.20. The highest BCUT2D eigenvalue weighted by Gasteiger charge is 2.27. The van der Waals surface area contributed by atoms with Crippen LogP contribution in [0.3, 0.4) is 0 Å². The summed E-state index contributed by atoms with van der Waals surface area (Å²) in [6.45, 7) is 0. The number of H-pyrrole nitrogens is 1. The van der Waals surface area contributed by atoms with Crippen molar-refractivity contribution >= 4 is 39.6 Å². The highest BCUT2D eigenvalue weighted by molar-refractivity contribution is 7.00. The van der Waals surface area contributed by atoms with Crippen LogP contribution in [0.1, 0.15) is 23.5 Å². The molecule has 0 saturated carbocycles. The maximum absolute atomic E-state index is 12.8. The first kappa shape index (κ1) is 17.2. The Morgan fingerprint density at radius 2 is 2.07 bits per heavy atom. The van der Waals surface area contributed by atoms with E-state index in [0.717, 1.165) is 17.1 Å². The zero-order valence-electron chi connectivity index (χ0n) is 14.3. The Kier molecular flexibility index (Phi) is 4.33. The van der Waals surface area contributed by atoms with Crippen molar-refractivity contribution in [1.82, 2.24) is 13.7 Å². The molecule has 27 heavy (non-hydrogen) atoms. The van der Waals surface area contributed by atoms with Crippen LogP contribution in [0, 0.1) is 0 Å². The van der Waals surface area contributed by atoms with Crippen molar-refractivity contribution in [2.24, 2.45) is 0 Å². The highest BCUT2D eigenvalue weighted by atomic mass is 32.1. The third-order valence-electron chi connectivity index (χ3n) is 4.55. The molecule has 2 N–H and O–H groups in total. The minimum Gasteiger partial charge on any atom is -0.508 e. The zero-order chi connectivity index (χ0) is 19.0. The van der Waals surface area contributed by atoms with Crippen LogP contribution in [0.25, 0.3) is 21.9 Å². The molecule has 136 valence electrons. The number of methoxy groups -OCH3 is 1. The number of hydrogen-bond donors (Lipinski definition) is 2. The summed E-state index contributed by atoms with van der Waals surface area (Å²) in [6, 6.07) is 12.3. The molecule has 0 aliphatic rings. The number of carbonyl (C=O) groups excluding carboxylic acids is 1. The molecule has 0 aliphatic carbocycles. The van der Waals surface area contributed by atoms with Gasteiger partial charge in [0.1, 0.15) is 16.8 Å². The number of esters is 1. The molecule has 7 nitrogen and oxygen atoms in total. The van der Waals surface area contributed by atoms with Crippen LogP contribution < -0.4 is 5.56 Å². The average molecular weight is 381 g/mol. The number of aromatic amines is 1. The third-order valence-corrected chi connectivity index (χ3v) is 5.09. The minimum atomic E-state index is -0.724. The first-order valence-corrected chi connectivity index (χ1v) is 8.94. The fraction of sp³-hybridized carbons (Fsp3) is 0.158. The average Bonchev–Trinajstić information content (AvgIpc) is 3.14. The van der Waals surface area contributed by atoms with E-state index in [1.54, 1.807) is 18.2 Å². The minimum absolute atomic E-state index is 0.0448. The number of para-hydroxylation sites is 1. The summed E-state index contributed by atoms with van der Waals surface area (Å²) in [5.41, 5.74) is 2.19. The summed E-state index contributed by atoms with van der Waals surface area (Å²) in [6.07, 6.45) is -0.109. The molecule has 2 heterocycles. The Morgan fingerprint density at radius 1 is 1.26 bits per heavy atom. The number of aromatic nitrogens is 3. The van der Waals surface area contributed by atoms with Crippen molar-refractivity contribution in [1.29, 1.82) is 0 Å². The quantitative estimate of drug-likeness (QED) is 0.527. The van der Waals surface area contributed by atoms with Crippen LogP contribution in [0.4, 0.5) is 0 Å². The number of ether oxygens (including phenoxy) is 1. The van der Waals surface area contributed by atoms with Gasteiger partial charge in [0.15, 0.2) is 0 Å². The second kappa shape index (κ2) is 6.81. The van der Waals surface area contributed by atoms with E-state index in [4.69, 9.17) is 4.74 Å². The Hall–Kier alpha value is -3.26. The lowest BCUT2D eigenvalue weighted by Gasteiger charge is -2.18. The number of rotatable bonds is 4. The normalized spacial score (nSPS) is 12.3. The molecular formula is C19H15N3O4S. The Balaban J connectivity index is 1.99. The third kappa shape index (κ3) is 3.04. The number of aromatic hydroxyl groups is 1. The van der Waals surface area contributed by atoms with Gasteiger partial charge in [0.05, 0.1) is 25.3 Å². The van der Waals surface area contributed by atoms with E-state index >= 15 is 0 Å². The van der Waals surface area contributed by atoms with Gasteiger partial charge in [-0.1, -0.05) is 18.2 Å². The number of nitrogens with one attached hydrogen (secondary N) is 1. The van der Waals surface area contributed by atoms with Crippen molar-refractivity contribution in [2.45, 2.75) is 12.3 Å². The van der Waals surface area contributed by atoms with E-state index in [1.165, 1.54) is 13.2 Å². The predicted molar refractivity (Wildman–Crippen MR) is 102 cm³/mol. The molecule has 0 amide bonds. The number of phenols is 1. The van der Waals surface area contributed by atoms with Gasteiger partial charge in [0.2, 0.25) is 0 Å². The first-order valence-electron chi connectivity index (χ1n) is 8.21. The number of fused-ring (bicyclic) bond motifs is 2. The van der Waals surface area contributed by atoms with Crippen LogP contribution in [-0.2, 0) is 9.53 Å². The van der Waals surface area contributed by atoms with Crippen molar-refractivity contribution in [2.75, 3.05) is 7.11 Å². The lowest BCUT2D eigenvalue weighted by molar-refractivity contribution is -0.140. The van der Waals surface area contributed by atoms with Gasteiger partial charge in [-0.3, -0.25) is 9.59 Å². The molecule has 2 aromatic heterocycles. The first-order chi connectivity index (χ1) is 13.1. The van der Waals surface area contributed by atoms with Gasteiger partial charge in [-0.25, -0.2) is 0 Å². The van der Waals surface area contributed by atoms with Gasteiger partial charge < -0.3 is 14.8 Å². The molecule has 4 aromatic rings. The number of pyridine rings is 1. The van der Waals surface area contributed by atoms with Gasteiger partial charge in [0, 0.05) is 22.6 Å². The number of benzene rings is 2. The van der Waals surface area contributed by atoms with E-state index in [2.05, 4.69) is 13.7 Å². The SMILES string of the molecule is COC(=O)C[C@@H](c1cc2ccccc2[nH]c1=O)c1c(O)ccc2nsnc12. The maximum atomic E-state index is 12.8. The van der Waals surface area contributed by atoms with E-state index in [9.17, 15) is 14.7 Å². The van der Waals surface area contributed by atoms with Crippen LogP contribution in [0.15, 0.2) is 47.3 Å². The number of carbonyl (C=O) groups is 1. The van der Waals surface area contributed by atoms with Crippen LogP contribution in [-0.4, -0.2) is 31.9 Å². The summed E-state index contributed by atoms with van der Waals surface area (Å²) in [4.78, 5) is 27.7. The van der Waals surface area contributed by atoms with Crippen molar-refractivity contribution in [3.63, 3.8) is 0 Å². The second-order valence-electron chi connectivity index (χ2n) is 6.10. The number of phenolic OH excluding ortho intramolecular Hbond substituents is 1. The fourth-order valence-corrected chi connectivity index (χ4v) is 3.79. The van der Waals surface area contributed by atoms with Crippen molar-refractivity contribution in [3.05, 3.63) is 63.9 Å². The number of nitrogens with zero attached hydrogens (tertiary/aromatic N) is 2. The number of hydrogen-bond acceptors (Lipinski definition) is 7. The lowest BCUT2D eigenvalue weighted by atomic mass is 9.87. The fourth-order valence-electron chi connectivity index (χ4n) is 3.24. The van der Waals surface area contributed by atoms with Gasteiger partial charge in [-0.2, -0.15) is 8.75 Å². The van der Waals surface area contributed by atoms with E-state index in [1.807, 2.05) is 18.2 Å². The van der Waals surface area contributed by atoms with Gasteiger partial charge in [-0.05, 0) is 29.7 Å². The van der Waals surface area contributed by atoms with E-state index < -0.39 is 11.9 Å². The standard InChI is InChI=1S/C19H15N3O4S/c1-26-16(24)9-11(17-15(23)7-6-14-18(17)22-27-21-14)12-8-10-4-2-3-5-13(10)20-19(12)25/h2-8,11,23H,9H2,1H3,(H,20,25)/t11-/m0/s1. The van der Waals surface area contributed by atoms with Crippen LogP contribution >= 0.6 is 11.7 Å². The molecule has 0 spiro atoms. The van der Waals surface area contributed by atoms with Crippen LogP contribution in [0.2, 0.25) is 0 Å². The molecule has 0 radical (unpaired) electrons. The van der Waals surface area contributed by atoms with Gasteiger partial charge >= 0.3 is 5.97 Å². The second-order valence-corrected chi connectivity index (χ2v) is 6.63. The largest absolute Gasteiger partial charge is 0.508 e. The molecule has 8 heteroatoms. The Morgan fingerprint density at radius 3 is 2.89 bits per heavy atom. The van der Waals surface area contributed by atoms with Crippen LogP contribution in [0.5, 0.6) is 5.75 Å². The Labute approximate surface area is 157 Å². The summed E-state index contributed by atoms with van der Waals surface area (Å²) in [5, 5.41) is 11.3. The van der Waals surface area contributed by atoms with Crippen molar-refractivity contribution in [3.8, 4) is 5.75 Å². The van der Waals surface area contributed by atoms with Crippen molar-refractivity contribution < 1.29 is 14.6 Å². The topological polar surface area (TPSA) is 105 Å². The molecule has 0 fully saturated rings. The Bertz CT molecular complexity index is 1210. The van der Waals surface area contributed by atoms with E-state index in [0.29, 0.717) is 27.7 Å². The van der Waals surface area contributed by atoms with E-state index in [-0.39, 0.29) is 17.7 Å². The summed E-state index contributed by atoms with van der Waals surface area (Å²) < 4.78 is 13.3. The highest BCUT2D eigenvalue weighted by Crippen LogP contribution is 2.38. The smallest absolute Gasteiger partial charge is 0.306 e. The molecule has 0 bridgehead atoms. The molecule has 0 unspecified atom stereocenters.